The second-order valence-electron chi connectivity index (χ2n) is 11.8. The Morgan fingerprint density at radius 3 is 2.18 bits per heavy atom. The number of anilines is 2. The molecule has 9 rings (SSSR count). The molecule has 2 aliphatic carbocycles. The number of fused-ring (bicyclic) bond motifs is 4. The van der Waals surface area contributed by atoms with E-state index in [1.165, 1.54) is 27.2 Å². The highest BCUT2D eigenvalue weighted by atomic mass is 16.5. The van der Waals surface area contributed by atoms with Crippen molar-refractivity contribution in [3.8, 4) is 33.7 Å². The first-order valence-electron chi connectivity index (χ1n) is 15.7. The van der Waals surface area contributed by atoms with Crippen molar-refractivity contribution in [2.75, 3.05) is 4.90 Å². The van der Waals surface area contributed by atoms with E-state index in [9.17, 15) is 0 Å². The molecule has 0 bridgehead atoms. The standard InChI is InChI=1S/C41H31N3O/c1-3-11-36-34(9-1)35-10-2-4-12-37(35)43(36)32-21-17-28(18-22-32)30-25-31(27-42-26-30)29-19-23-33(24-20-29)44-38-13-5-7-15-40(38)45-41-16-8-6-14-39(41)44/h1,3,5-7,9-15,17-27H,2,4,8,16H2. The smallest absolute Gasteiger partial charge is 0.151 e. The number of nitrogens with zero attached hydrogens (tertiary/aromatic N) is 3. The third-order valence-electron chi connectivity index (χ3n) is 9.14. The lowest BCUT2D eigenvalue weighted by Crippen LogP contribution is -2.30. The molecule has 0 amide bonds. The van der Waals surface area contributed by atoms with Gasteiger partial charge in [-0.25, -0.2) is 0 Å². The van der Waals surface area contributed by atoms with Gasteiger partial charge in [-0.1, -0.05) is 72.8 Å². The molecular formula is C41H31N3O. The molecule has 6 aromatic rings. The van der Waals surface area contributed by atoms with E-state index in [1.807, 2.05) is 24.5 Å². The summed E-state index contributed by atoms with van der Waals surface area (Å²) in [6, 6.07) is 36.9. The highest BCUT2D eigenvalue weighted by Gasteiger charge is 2.27. The number of aromatic nitrogens is 2. The van der Waals surface area contributed by atoms with E-state index in [0.29, 0.717) is 0 Å². The number of pyridine rings is 1. The van der Waals surface area contributed by atoms with Gasteiger partial charge in [0.05, 0.1) is 16.9 Å². The van der Waals surface area contributed by atoms with Gasteiger partial charge in [0, 0.05) is 57.3 Å². The van der Waals surface area contributed by atoms with Crippen LogP contribution < -0.4 is 20.2 Å². The zero-order valence-electron chi connectivity index (χ0n) is 24.9. The maximum atomic E-state index is 6.28. The second-order valence-corrected chi connectivity index (χ2v) is 11.8. The van der Waals surface area contributed by atoms with Crippen LogP contribution in [-0.4, -0.2) is 9.55 Å². The third kappa shape index (κ3) is 4.33. The van der Waals surface area contributed by atoms with Gasteiger partial charge < -0.3 is 14.2 Å². The summed E-state index contributed by atoms with van der Waals surface area (Å²) < 4.78 is 8.68. The lowest BCUT2D eigenvalue weighted by Gasteiger charge is -2.35. The first-order chi connectivity index (χ1) is 22.3. The monoisotopic (exact) mass is 581 g/mol. The molecule has 0 saturated heterocycles. The Morgan fingerprint density at radius 1 is 0.644 bits per heavy atom. The molecule has 45 heavy (non-hydrogen) atoms. The maximum absolute atomic E-state index is 6.28. The van der Waals surface area contributed by atoms with E-state index in [2.05, 4.69) is 130 Å². The van der Waals surface area contributed by atoms with Crippen molar-refractivity contribution in [3.05, 3.63) is 150 Å². The second kappa shape index (κ2) is 10.5. The fourth-order valence-corrected chi connectivity index (χ4v) is 6.99. The molecule has 0 N–H and O–H groups in total. The minimum atomic E-state index is 0.903. The van der Waals surface area contributed by atoms with E-state index in [1.54, 1.807) is 0 Å². The number of para-hydroxylation sites is 3. The van der Waals surface area contributed by atoms with Gasteiger partial charge in [-0.15, -0.1) is 0 Å². The Morgan fingerprint density at radius 2 is 1.36 bits per heavy atom. The Hall–Kier alpha value is -5.61. The zero-order valence-corrected chi connectivity index (χ0v) is 24.9. The van der Waals surface area contributed by atoms with E-state index in [4.69, 9.17) is 4.74 Å². The van der Waals surface area contributed by atoms with Crippen molar-refractivity contribution in [3.63, 3.8) is 0 Å². The van der Waals surface area contributed by atoms with Crippen LogP contribution in [0.15, 0.2) is 139 Å². The molecule has 4 aromatic carbocycles. The topological polar surface area (TPSA) is 30.3 Å². The molecule has 0 atom stereocenters. The third-order valence-corrected chi connectivity index (χ3v) is 9.14. The van der Waals surface area contributed by atoms with E-state index in [0.717, 1.165) is 76.5 Å². The van der Waals surface area contributed by atoms with Gasteiger partial charge in [-0.3, -0.25) is 4.98 Å². The lowest BCUT2D eigenvalue weighted by molar-refractivity contribution is 0.388. The van der Waals surface area contributed by atoms with Gasteiger partial charge in [0.2, 0.25) is 0 Å². The number of allylic oxidation sites excluding steroid dienone is 3. The average Bonchev–Trinajstić information content (AvgIpc) is 3.45. The van der Waals surface area contributed by atoms with Gasteiger partial charge in [-0.05, 0) is 85.0 Å². The molecule has 0 radical (unpaired) electrons. The molecule has 3 heterocycles. The van der Waals surface area contributed by atoms with Crippen LogP contribution in [0.25, 0.3) is 51.0 Å². The van der Waals surface area contributed by atoms with Crippen molar-refractivity contribution in [2.45, 2.75) is 25.7 Å². The fraction of sp³-hybridized carbons (Fsp3) is 0.0976. The number of hydrogen-bond donors (Lipinski definition) is 0. The van der Waals surface area contributed by atoms with Crippen LogP contribution >= 0.6 is 0 Å². The number of benzene rings is 4. The van der Waals surface area contributed by atoms with Crippen molar-refractivity contribution in [1.29, 1.82) is 0 Å². The van der Waals surface area contributed by atoms with Crippen LogP contribution in [0.1, 0.15) is 25.7 Å². The molecule has 0 unspecified atom stereocenters. The first kappa shape index (κ1) is 25.8. The fourth-order valence-electron chi connectivity index (χ4n) is 6.99. The molecule has 4 heteroatoms. The van der Waals surface area contributed by atoms with E-state index < -0.39 is 0 Å². The zero-order chi connectivity index (χ0) is 29.7. The molecule has 2 aromatic heterocycles. The van der Waals surface area contributed by atoms with Crippen molar-refractivity contribution in [2.24, 2.45) is 0 Å². The Kier molecular flexibility index (Phi) is 6.05. The van der Waals surface area contributed by atoms with Gasteiger partial charge >= 0.3 is 0 Å². The quantitative estimate of drug-likeness (QED) is 0.208. The van der Waals surface area contributed by atoms with Crippen LogP contribution in [0, 0.1) is 0 Å². The minimum absolute atomic E-state index is 0.903. The first-order valence-corrected chi connectivity index (χ1v) is 15.7. The molecule has 1 aliphatic heterocycles. The van der Waals surface area contributed by atoms with Crippen LogP contribution in [0.5, 0.6) is 5.75 Å². The number of ether oxygens (including phenoxy) is 1. The number of rotatable bonds is 4. The van der Waals surface area contributed by atoms with Gasteiger partial charge in [0.1, 0.15) is 5.76 Å². The molecule has 216 valence electrons. The van der Waals surface area contributed by atoms with Crippen molar-refractivity contribution < 1.29 is 4.74 Å². The molecular weight excluding hydrogens is 550 g/mol. The van der Waals surface area contributed by atoms with Gasteiger partial charge in [0.25, 0.3) is 0 Å². The normalized spacial score (nSPS) is 15.1. The van der Waals surface area contributed by atoms with E-state index in [-0.39, 0.29) is 0 Å². The summed E-state index contributed by atoms with van der Waals surface area (Å²) in [6.07, 6.45) is 17.2. The van der Waals surface area contributed by atoms with Crippen LogP contribution in [0.3, 0.4) is 0 Å². The Bertz CT molecular complexity index is 2290. The molecule has 3 aliphatic rings. The predicted octanol–water partition coefficient (Wildman–Crippen LogP) is 8.81. The van der Waals surface area contributed by atoms with Gasteiger partial charge in [-0.2, -0.15) is 0 Å². The van der Waals surface area contributed by atoms with Crippen LogP contribution in [0.4, 0.5) is 11.4 Å². The molecule has 0 saturated carbocycles. The summed E-state index contributed by atoms with van der Waals surface area (Å²) >= 11 is 0. The number of hydrogen-bond acceptors (Lipinski definition) is 3. The summed E-state index contributed by atoms with van der Waals surface area (Å²) in [7, 11) is 0. The lowest BCUT2D eigenvalue weighted by atomic mass is 10.0. The largest absolute Gasteiger partial charge is 0.457 e. The predicted molar refractivity (Wildman–Crippen MR) is 184 cm³/mol. The minimum Gasteiger partial charge on any atom is -0.457 e. The summed E-state index contributed by atoms with van der Waals surface area (Å²) in [5, 5.41) is 3.98. The SMILES string of the molecule is C1=CC2=C(CC1)Oc1ccccc1N2c1ccc(-c2cncc(-c3ccc(-n4c5c(c6ccccc64)=CCCC=5)cc3)c2)cc1. The van der Waals surface area contributed by atoms with Crippen LogP contribution in [0.2, 0.25) is 0 Å². The average molecular weight is 582 g/mol. The van der Waals surface area contributed by atoms with E-state index >= 15 is 0 Å². The Balaban J connectivity index is 1.04. The van der Waals surface area contributed by atoms with Crippen molar-refractivity contribution in [1.82, 2.24) is 9.55 Å². The summed E-state index contributed by atoms with van der Waals surface area (Å²) in [5.41, 5.74) is 10.2. The highest BCUT2D eigenvalue weighted by Crippen LogP contribution is 2.45. The van der Waals surface area contributed by atoms with Crippen LogP contribution in [-0.2, 0) is 0 Å². The molecule has 4 nitrogen and oxygen atoms in total. The summed E-state index contributed by atoms with van der Waals surface area (Å²) in [4.78, 5) is 6.96. The molecule has 0 fully saturated rings. The highest BCUT2D eigenvalue weighted by molar-refractivity contribution is 5.85. The maximum Gasteiger partial charge on any atom is 0.151 e. The summed E-state index contributed by atoms with van der Waals surface area (Å²) in [6.45, 7) is 0. The summed E-state index contributed by atoms with van der Waals surface area (Å²) in [5.74, 6) is 1.93. The van der Waals surface area contributed by atoms with Gasteiger partial charge in [0.15, 0.2) is 5.75 Å². The molecule has 0 spiro atoms. The Labute approximate surface area is 262 Å². The van der Waals surface area contributed by atoms with Crippen molar-refractivity contribution >= 4 is 34.4 Å².